The third-order valence-corrected chi connectivity index (χ3v) is 2.69. The molecule has 5 heteroatoms. The van der Waals surface area contributed by atoms with Gasteiger partial charge in [0.05, 0.1) is 23.8 Å². The minimum Gasteiger partial charge on any atom is -0.469 e. The van der Waals surface area contributed by atoms with Gasteiger partial charge in [-0.15, -0.1) is 11.8 Å². The van der Waals surface area contributed by atoms with E-state index in [1.165, 1.54) is 11.8 Å². The van der Waals surface area contributed by atoms with Crippen molar-refractivity contribution in [3.8, 4) is 6.07 Å². The summed E-state index contributed by atoms with van der Waals surface area (Å²) in [6.07, 6.45) is 2.30. The van der Waals surface area contributed by atoms with Crippen LogP contribution in [0.2, 0.25) is 0 Å². The number of nitrogens with zero attached hydrogens (tertiary/aromatic N) is 1. The first-order chi connectivity index (χ1) is 7.72. The minimum absolute atomic E-state index is 0.0423. The summed E-state index contributed by atoms with van der Waals surface area (Å²) >= 11 is 1.31. The number of rotatable bonds is 6. The van der Waals surface area contributed by atoms with Gasteiger partial charge in [0.15, 0.2) is 0 Å². The molecule has 4 nitrogen and oxygen atoms in total. The number of hydrogen-bond acceptors (Lipinski definition) is 4. The van der Waals surface area contributed by atoms with Crippen molar-refractivity contribution in [2.24, 2.45) is 0 Å². The van der Waals surface area contributed by atoms with Crippen LogP contribution in [0.4, 0.5) is 0 Å². The number of furan rings is 1. The Labute approximate surface area is 99.0 Å². The zero-order valence-corrected chi connectivity index (χ0v) is 9.92. The molecule has 0 bridgehead atoms. The molecule has 1 amide bonds. The van der Waals surface area contributed by atoms with E-state index in [9.17, 15) is 4.79 Å². The third kappa shape index (κ3) is 4.89. The highest BCUT2D eigenvalue weighted by Gasteiger charge is 2.09. The summed E-state index contributed by atoms with van der Waals surface area (Å²) in [6.45, 7) is 1.93. The molecule has 0 aliphatic heterocycles. The van der Waals surface area contributed by atoms with Gasteiger partial charge in [-0.25, -0.2) is 0 Å². The Balaban J connectivity index is 2.21. The molecule has 1 aromatic heterocycles. The predicted molar refractivity (Wildman–Crippen MR) is 63.0 cm³/mol. The highest BCUT2D eigenvalue weighted by molar-refractivity contribution is 8.00. The second kappa shape index (κ2) is 6.96. The molecule has 1 heterocycles. The molecule has 1 aromatic rings. The van der Waals surface area contributed by atoms with E-state index in [1.807, 2.05) is 25.1 Å². The van der Waals surface area contributed by atoms with E-state index in [2.05, 4.69) is 5.32 Å². The molecule has 0 radical (unpaired) electrons. The average molecular weight is 238 g/mol. The molecule has 0 unspecified atom stereocenters. The first-order valence-electron chi connectivity index (χ1n) is 4.99. The van der Waals surface area contributed by atoms with E-state index in [4.69, 9.17) is 9.68 Å². The fraction of sp³-hybridized carbons (Fsp3) is 0.455. The van der Waals surface area contributed by atoms with Crippen LogP contribution in [-0.4, -0.2) is 23.5 Å². The summed E-state index contributed by atoms with van der Waals surface area (Å²) in [7, 11) is 0. The van der Waals surface area contributed by atoms with Crippen molar-refractivity contribution in [2.75, 3.05) is 11.5 Å². The van der Waals surface area contributed by atoms with E-state index >= 15 is 0 Å². The van der Waals surface area contributed by atoms with Gasteiger partial charge >= 0.3 is 0 Å². The van der Waals surface area contributed by atoms with Crippen LogP contribution in [0.1, 0.15) is 12.7 Å². The Morgan fingerprint density at radius 2 is 2.56 bits per heavy atom. The number of amides is 1. The van der Waals surface area contributed by atoms with Gasteiger partial charge in [0.2, 0.25) is 5.91 Å². The van der Waals surface area contributed by atoms with Crippen LogP contribution >= 0.6 is 11.8 Å². The molecule has 0 fully saturated rings. The maximum absolute atomic E-state index is 11.4. The molecule has 0 aliphatic rings. The summed E-state index contributed by atoms with van der Waals surface area (Å²) in [4.78, 5) is 11.4. The SMILES string of the molecule is C[C@@H](Cc1ccco1)NC(=O)CSCC#N. The molecule has 0 spiro atoms. The van der Waals surface area contributed by atoms with Crippen LogP contribution in [-0.2, 0) is 11.2 Å². The number of nitrogens with one attached hydrogen (secondary N) is 1. The lowest BCUT2D eigenvalue weighted by molar-refractivity contribution is -0.119. The summed E-state index contributed by atoms with van der Waals surface area (Å²) in [5.41, 5.74) is 0. The summed E-state index contributed by atoms with van der Waals surface area (Å²) in [5.74, 6) is 1.49. The van der Waals surface area contributed by atoms with E-state index in [-0.39, 0.29) is 11.9 Å². The van der Waals surface area contributed by atoms with Crippen LogP contribution in [0, 0.1) is 11.3 Å². The highest BCUT2D eigenvalue weighted by Crippen LogP contribution is 2.04. The van der Waals surface area contributed by atoms with Gasteiger partial charge in [-0.05, 0) is 19.1 Å². The predicted octanol–water partition coefficient (Wildman–Crippen LogP) is 1.58. The highest BCUT2D eigenvalue weighted by atomic mass is 32.2. The Kier molecular flexibility index (Phi) is 5.51. The van der Waals surface area contributed by atoms with Crippen molar-refractivity contribution < 1.29 is 9.21 Å². The maximum Gasteiger partial charge on any atom is 0.230 e. The van der Waals surface area contributed by atoms with Crippen molar-refractivity contribution in [1.82, 2.24) is 5.32 Å². The Morgan fingerprint density at radius 1 is 1.75 bits per heavy atom. The zero-order chi connectivity index (χ0) is 11.8. The molecule has 1 rings (SSSR count). The van der Waals surface area contributed by atoms with Gasteiger partial charge in [-0.1, -0.05) is 0 Å². The Hall–Kier alpha value is -1.41. The molecule has 0 saturated heterocycles. The standard InChI is InChI=1S/C11H14N2O2S/c1-9(7-10-3-2-5-15-10)13-11(14)8-16-6-4-12/h2-3,5,9H,6-8H2,1H3,(H,13,14)/t9-/m0/s1. The Morgan fingerprint density at radius 3 is 3.19 bits per heavy atom. The Bertz CT molecular complexity index is 357. The van der Waals surface area contributed by atoms with Crippen molar-refractivity contribution in [1.29, 1.82) is 5.26 Å². The smallest absolute Gasteiger partial charge is 0.230 e. The van der Waals surface area contributed by atoms with Crippen LogP contribution in [0.5, 0.6) is 0 Å². The number of nitriles is 1. The van der Waals surface area contributed by atoms with Gasteiger partial charge in [-0.2, -0.15) is 5.26 Å². The number of thioether (sulfide) groups is 1. The third-order valence-electron chi connectivity index (χ3n) is 1.89. The van der Waals surface area contributed by atoms with E-state index in [0.29, 0.717) is 17.9 Å². The fourth-order valence-corrected chi connectivity index (χ4v) is 1.75. The lowest BCUT2D eigenvalue weighted by Gasteiger charge is -2.11. The van der Waals surface area contributed by atoms with Gasteiger partial charge in [0.1, 0.15) is 5.76 Å². The molecule has 0 saturated carbocycles. The van der Waals surface area contributed by atoms with Crippen LogP contribution in [0.25, 0.3) is 0 Å². The monoisotopic (exact) mass is 238 g/mol. The number of hydrogen-bond donors (Lipinski definition) is 1. The van der Waals surface area contributed by atoms with Gasteiger partial charge in [0.25, 0.3) is 0 Å². The fourth-order valence-electron chi connectivity index (χ4n) is 1.29. The molecule has 0 aromatic carbocycles. The van der Waals surface area contributed by atoms with Gasteiger partial charge in [0, 0.05) is 12.5 Å². The summed E-state index contributed by atoms with van der Waals surface area (Å²) in [5, 5.41) is 11.2. The molecule has 1 atom stereocenters. The van der Waals surface area contributed by atoms with Crippen molar-refractivity contribution in [3.05, 3.63) is 24.2 Å². The zero-order valence-electron chi connectivity index (χ0n) is 9.10. The number of carbonyl (C=O) groups is 1. The summed E-state index contributed by atoms with van der Waals surface area (Å²) in [6, 6.07) is 5.73. The number of carbonyl (C=O) groups excluding carboxylic acids is 1. The lowest BCUT2D eigenvalue weighted by Crippen LogP contribution is -2.35. The molecule has 86 valence electrons. The molecular formula is C11H14N2O2S. The second-order valence-corrected chi connectivity index (χ2v) is 4.39. The van der Waals surface area contributed by atoms with E-state index in [1.54, 1.807) is 6.26 Å². The molecule has 16 heavy (non-hydrogen) atoms. The lowest BCUT2D eigenvalue weighted by atomic mass is 10.2. The molecule has 0 aliphatic carbocycles. The second-order valence-electron chi connectivity index (χ2n) is 3.40. The first-order valence-corrected chi connectivity index (χ1v) is 6.14. The van der Waals surface area contributed by atoms with Crippen molar-refractivity contribution >= 4 is 17.7 Å². The summed E-state index contributed by atoms with van der Waals surface area (Å²) < 4.78 is 5.18. The first kappa shape index (κ1) is 12.7. The van der Waals surface area contributed by atoms with Crippen molar-refractivity contribution in [2.45, 2.75) is 19.4 Å². The maximum atomic E-state index is 11.4. The van der Waals surface area contributed by atoms with Crippen LogP contribution < -0.4 is 5.32 Å². The van der Waals surface area contributed by atoms with Crippen LogP contribution in [0.15, 0.2) is 22.8 Å². The molecular weight excluding hydrogens is 224 g/mol. The van der Waals surface area contributed by atoms with E-state index < -0.39 is 0 Å². The van der Waals surface area contributed by atoms with Gasteiger partial charge < -0.3 is 9.73 Å². The van der Waals surface area contributed by atoms with E-state index in [0.717, 1.165) is 5.76 Å². The largest absolute Gasteiger partial charge is 0.469 e. The van der Waals surface area contributed by atoms with Crippen molar-refractivity contribution in [3.63, 3.8) is 0 Å². The minimum atomic E-state index is -0.0423. The normalized spacial score (nSPS) is 11.8. The van der Waals surface area contributed by atoms with Gasteiger partial charge in [-0.3, -0.25) is 4.79 Å². The molecule has 1 N–H and O–H groups in total. The quantitative estimate of drug-likeness (QED) is 0.764. The average Bonchev–Trinajstić information content (AvgIpc) is 2.70. The van der Waals surface area contributed by atoms with Crippen LogP contribution in [0.3, 0.4) is 0 Å². The topological polar surface area (TPSA) is 66.0 Å².